The topological polar surface area (TPSA) is 43.4 Å². The molecule has 102 valence electrons. The highest BCUT2D eigenvalue weighted by Crippen LogP contribution is 2.33. The van der Waals surface area contributed by atoms with Crippen LogP contribution in [0.3, 0.4) is 0 Å². The van der Waals surface area contributed by atoms with E-state index in [1.807, 2.05) is 32.0 Å². The van der Waals surface area contributed by atoms with Crippen molar-refractivity contribution in [3.8, 4) is 0 Å². The Morgan fingerprint density at radius 2 is 2.05 bits per heavy atom. The lowest BCUT2D eigenvalue weighted by molar-refractivity contribution is -0.125. The van der Waals surface area contributed by atoms with Crippen molar-refractivity contribution in [1.82, 2.24) is 0 Å². The SMILES string of the molecule is COC(=O)c1cc(C2CCCC(C)C2=O)ccc1C. The highest BCUT2D eigenvalue weighted by molar-refractivity contribution is 5.93. The Hall–Kier alpha value is -1.64. The van der Waals surface area contributed by atoms with E-state index in [1.54, 1.807) is 0 Å². The van der Waals surface area contributed by atoms with Crippen LogP contribution in [0.25, 0.3) is 0 Å². The molecule has 0 saturated heterocycles. The maximum Gasteiger partial charge on any atom is 0.338 e. The Morgan fingerprint density at radius 3 is 2.74 bits per heavy atom. The van der Waals surface area contributed by atoms with Gasteiger partial charge in [0.1, 0.15) is 5.78 Å². The summed E-state index contributed by atoms with van der Waals surface area (Å²) < 4.78 is 4.78. The first-order chi connectivity index (χ1) is 9.04. The molecule has 0 heterocycles. The largest absolute Gasteiger partial charge is 0.465 e. The van der Waals surface area contributed by atoms with Gasteiger partial charge in [0.25, 0.3) is 0 Å². The molecule has 0 aromatic heterocycles. The number of carbonyl (C=O) groups is 2. The summed E-state index contributed by atoms with van der Waals surface area (Å²) in [5.41, 5.74) is 2.39. The molecule has 1 aliphatic rings. The summed E-state index contributed by atoms with van der Waals surface area (Å²) in [5.74, 6) is 0.0240. The molecule has 1 aromatic rings. The molecule has 2 unspecified atom stereocenters. The third kappa shape index (κ3) is 2.70. The van der Waals surface area contributed by atoms with E-state index < -0.39 is 0 Å². The van der Waals surface area contributed by atoms with Gasteiger partial charge in [0.2, 0.25) is 0 Å². The van der Waals surface area contributed by atoms with Crippen LogP contribution in [0.2, 0.25) is 0 Å². The van der Waals surface area contributed by atoms with Gasteiger partial charge in [-0.15, -0.1) is 0 Å². The zero-order chi connectivity index (χ0) is 14.0. The van der Waals surface area contributed by atoms with Gasteiger partial charge in [-0.1, -0.05) is 25.5 Å². The Labute approximate surface area is 114 Å². The number of hydrogen-bond donors (Lipinski definition) is 0. The molecule has 2 atom stereocenters. The molecule has 0 N–H and O–H groups in total. The predicted octanol–water partition coefficient (Wildman–Crippen LogP) is 3.25. The number of esters is 1. The van der Waals surface area contributed by atoms with Gasteiger partial charge in [-0.3, -0.25) is 4.79 Å². The van der Waals surface area contributed by atoms with Crippen molar-refractivity contribution >= 4 is 11.8 Å². The minimum atomic E-state index is -0.337. The lowest BCUT2D eigenvalue weighted by Crippen LogP contribution is -2.25. The normalized spacial score (nSPS) is 23.2. The van der Waals surface area contributed by atoms with E-state index in [-0.39, 0.29) is 17.8 Å². The van der Waals surface area contributed by atoms with Gasteiger partial charge < -0.3 is 4.74 Å². The zero-order valence-electron chi connectivity index (χ0n) is 11.7. The van der Waals surface area contributed by atoms with Gasteiger partial charge in [0.05, 0.1) is 12.7 Å². The van der Waals surface area contributed by atoms with Crippen LogP contribution in [-0.2, 0) is 9.53 Å². The number of hydrogen-bond acceptors (Lipinski definition) is 3. The van der Waals surface area contributed by atoms with Crippen molar-refractivity contribution in [2.45, 2.75) is 39.0 Å². The molecule has 3 heteroatoms. The van der Waals surface area contributed by atoms with Gasteiger partial charge in [0.15, 0.2) is 0 Å². The fourth-order valence-corrected chi connectivity index (χ4v) is 2.77. The number of ether oxygens (including phenoxy) is 1. The number of benzene rings is 1. The van der Waals surface area contributed by atoms with Crippen molar-refractivity contribution in [2.24, 2.45) is 5.92 Å². The van der Waals surface area contributed by atoms with E-state index in [0.717, 1.165) is 30.4 Å². The maximum absolute atomic E-state index is 12.2. The smallest absolute Gasteiger partial charge is 0.338 e. The molecule has 0 bridgehead atoms. The summed E-state index contributed by atoms with van der Waals surface area (Å²) in [6.07, 6.45) is 2.93. The molecule has 1 aromatic carbocycles. The summed E-state index contributed by atoms with van der Waals surface area (Å²) in [7, 11) is 1.38. The van der Waals surface area contributed by atoms with E-state index in [2.05, 4.69) is 0 Å². The van der Waals surface area contributed by atoms with E-state index in [9.17, 15) is 9.59 Å². The van der Waals surface area contributed by atoms with E-state index in [0.29, 0.717) is 11.3 Å². The van der Waals surface area contributed by atoms with Crippen molar-refractivity contribution < 1.29 is 14.3 Å². The molecule has 0 spiro atoms. The van der Waals surface area contributed by atoms with Crippen LogP contribution in [0, 0.1) is 12.8 Å². The first kappa shape index (κ1) is 13.8. The fraction of sp³-hybridized carbons (Fsp3) is 0.500. The Kier molecular flexibility index (Phi) is 4.03. The molecule has 0 amide bonds. The third-order valence-electron chi connectivity index (χ3n) is 4.03. The molecule has 3 nitrogen and oxygen atoms in total. The number of methoxy groups -OCH3 is 1. The van der Waals surface area contributed by atoms with Crippen molar-refractivity contribution in [3.63, 3.8) is 0 Å². The Morgan fingerprint density at radius 1 is 1.32 bits per heavy atom. The molecule has 1 aliphatic carbocycles. The maximum atomic E-state index is 12.2. The predicted molar refractivity (Wildman–Crippen MR) is 73.3 cm³/mol. The number of Topliss-reactive ketones (excluding diaryl/α,β-unsaturated/α-hetero) is 1. The van der Waals surface area contributed by atoms with Crippen LogP contribution in [0.4, 0.5) is 0 Å². The summed E-state index contributed by atoms with van der Waals surface area (Å²) >= 11 is 0. The van der Waals surface area contributed by atoms with Crippen LogP contribution in [0.1, 0.15) is 53.6 Å². The molecule has 1 fully saturated rings. The molecular weight excluding hydrogens is 240 g/mol. The second kappa shape index (κ2) is 5.55. The number of carbonyl (C=O) groups excluding carboxylic acids is 2. The van der Waals surface area contributed by atoms with Gasteiger partial charge in [0, 0.05) is 11.8 Å². The average Bonchev–Trinajstić information content (AvgIpc) is 2.42. The molecule has 0 aliphatic heterocycles. The van der Waals surface area contributed by atoms with Crippen molar-refractivity contribution in [2.75, 3.05) is 7.11 Å². The molecule has 1 saturated carbocycles. The van der Waals surface area contributed by atoms with E-state index in [4.69, 9.17) is 4.74 Å². The second-order valence-corrected chi connectivity index (χ2v) is 5.35. The molecular formula is C16H20O3. The first-order valence-electron chi connectivity index (χ1n) is 6.77. The van der Waals surface area contributed by atoms with Crippen LogP contribution in [0.5, 0.6) is 0 Å². The quantitative estimate of drug-likeness (QED) is 0.767. The van der Waals surface area contributed by atoms with Crippen molar-refractivity contribution in [1.29, 1.82) is 0 Å². The zero-order valence-corrected chi connectivity index (χ0v) is 11.7. The minimum Gasteiger partial charge on any atom is -0.465 e. The molecule has 0 radical (unpaired) electrons. The van der Waals surface area contributed by atoms with Crippen LogP contribution in [0.15, 0.2) is 18.2 Å². The lowest BCUT2D eigenvalue weighted by atomic mass is 9.77. The van der Waals surface area contributed by atoms with E-state index >= 15 is 0 Å². The summed E-state index contributed by atoms with van der Waals surface area (Å²) in [4.78, 5) is 24.0. The third-order valence-corrected chi connectivity index (χ3v) is 4.03. The molecule has 2 rings (SSSR count). The highest BCUT2D eigenvalue weighted by Gasteiger charge is 2.29. The number of aryl methyl sites for hydroxylation is 1. The van der Waals surface area contributed by atoms with Crippen LogP contribution < -0.4 is 0 Å². The summed E-state index contributed by atoms with van der Waals surface area (Å²) in [5, 5.41) is 0. The summed E-state index contributed by atoms with van der Waals surface area (Å²) in [6, 6.07) is 5.68. The minimum absolute atomic E-state index is 0.0623. The van der Waals surface area contributed by atoms with Crippen LogP contribution in [-0.4, -0.2) is 18.9 Å². The number of rotatable bonds is 2. The van der Waals surface area contributed by atoms with Gasteiger partial charge in [-0.25, -0.2) is 4.79 Å². The fourth-order valence-electron chi connectivity index (χ4n) is 2.77. The monoisotopic (exact) mass is 260 g/mol. The Bertz CT molecular complexity index is 505. The number of ketones is 1. The Balaban J connectivity index is 2.35. The van der Waals surface area contributed by atoms with Crippen molar-refractivity contribution in [3.05, 3.63) is 34.9 Å². The second-order valence-electron chi connectivity index (χ2n) is 5.35. The van der Waals surface area contributed by atoms with E-state index in [1.165, 1.54) is 7.11 Å². The van der Waals surface area contributed by atoms with Crippen LogP contribution >= 0.6 is 0 Å². The van der Waals surface area contributed by atoms with Gasteiger partial charge >= 0.3 is 5.97 Å². The first-order valence-corrected chi connectivity index (χ1v) is 6.77. The van der Waals surface area contributed by atoms with Gasteiger partial charge in [-0.2, -0.15) is 0 Å². The van der Waals surface area contributed by atoms with Gasteiger partial charge in [-0.05, 0) is 37.0 Å². The standard InChI is InChI=1S/C16H20O3/c1-10-7-8-12(9-14(10)16(18)19-3)13-6-4-5-11(2)15(13)17/h7-9,11,13H,4-6H2,1-3H3. The highest BCUT2D eigenvalue weighted by atomic mass is 16.5. The molecule has 19 heavy (non-hydrogen) atoms. The summed E-state index contributed by atoms with van der Waals surface area (Å²) in [6.45, 7) is 3.87. The lowest BCUT2D eigenvalue weighted by Gasteiger charge is -2.26. The average molecular weight is 260 g/mol.